The maximum atomic E-state index is 13.3. The number of alkyl halides is 3. The second-order valence-corrected chi connectivity index (χ2v) is 6.51. The van der Waals surface area contributed by atoms with E-state index >= 15 is 0 Å². The van der Waals surface area contributed by atoms with Crippen LogP contribution in [0, 0.1) is 11.3 Å². The zero-order valence-electron chi connectivity index (χ0n) is 12.2. The molecule has 1 aliphatic carbocycles. The average Bonchev–Trinajstić information content (AvgIpc) is 3.24. The normalized spacial score (nSPS) is 18.6. The fourth-order valence-electron chi connectivity index (χ4n) is 2.09. The van der Waals surface area contributed by atoms with Crippen molar-refractivity contribution in [3.63, 3.8) is 0 Å². The van der Waals surface area contributed by atoms with Gasteiger partial charge < -0.3 is 5.32 Å². The SMILES string of the molecule is C[C@H](NC(c1ccc(Br)cc1)C(F)(F)F)C(=O)NC1(C#N)CC1. The molecule has 2 rings (SSSR count). The Morgan fingerprint density at radius 3 is 2.35 bits per heavy atom. The number of rotatable bonds is 5. The molecule has 1 unspecified atom stereocenters. The Labute approximate surface area is 140 Å². The summed E-state index contributed by atoms with van der Waals surface area (Å²) in [6.45, 7) is 1.35. The second-order valence-electron chi connectivity index (χ2n) is 5.60. The van der Waals surface area contributed by atoms with Gasteiger partial charge in [-0.2, -0.15) is 18.4 Å². The van der Waals surface area contributed by atoms with Crippen LogP contribution in [0.4, 0.5) is 13.2 Å². The van der Waals surface area contributed by atoms with E-state index in [-0.39, 0.29) is 5.56 Å². The lowest BCUT2D eigenvalue weighted by molar-refractivity contribution is -0.160. The molecule has 0 radical (unpaired) electrons. The first-order valence-electron chi connectivity index (χ1n) is 6.98. The number of carbonyl (C=O) groups is 1. The molecule has 8 heteroatoms. The van der Waals surface area contributed by atoms with Crippen LogP contribution in [-0.4, -0.2) is 23.7 Å². The van der Waals surface area contributed by atoms with E-state index in [0.29, 0.717) is 17.3 Å². The van der Waals surface area contributed by atoms with Gasteiger partial charge in [-0.15, -0.1) is 0 Å². The zero-order chi connectivity index (χ0) is 17.3. The van der Waals surface area contributed by atoms with Crippen molar-refractivity contribution in [2.45, 2.75) is 43.6 Å². The molecular weight excluding hydrogens is 375 g/mol. The first-order chi connectivity index (χ1) is 10.7. The van der Waals surface area contributed by atoms with Crippen LogP contribution < -0.4 is 10.6 Å². The quantitative estimate of drug-likeness (QED) is 0.812. The molecule has 0 bridgehead atoms. The van der Waals surface area contributed by atoms with Crippen molar-refractivity contribution < 1.29 is 18.0 Å². The van der Waals surface area contributed by atoms with E-state index in [1.54, 1.807) is 0 Å². The van der Waals surface area contributed by atoms with Crippen molar-refractivity contribution in [1.82, 2.24) is 10.6 Å². The van der Waals surface area contributed by atoms with E-state index in [9.17, 15) is 18.0 Å². The summed E-state index contributed by atoms with van der Waals surface area (Å²) < 4.78 is 40.5. The number of nitrogens with one attached hydrogen (secondary N) is 2. The molecule has 1 aliphatic rings. The summed E-state index contributed by atoms with van der Waals surface area (Å²) in [6, 6.07) is 4.63. The minimum atomic E-state index is -4.55. The average molecular weight is 390 g/mol. The van der Waals surface area contributed by atoms with Crippen LogP contribution in [-0.2, 0) is 4.79 Å². The molecule has 0 spiro atoms. The van der Waals surface area contributed by atoms with Crippen molar-refractivity contribution in [3.05, 3.63) is 34.3 Å². The number of halogens is 4. The Bertz CT molecular complexity index is 620. The monoisotopic (exact) mass is 389 g/mol. The lowest BCUT2D eigenvalue weighted by Crippen LogP contribution is -2.50. The summed E-state index contributed by atoms with van der Waals surface area (Å²) in [6.07, 6.45) is -3.50. The highest BCUT2D eigenvalue weighted by molar-refractivity contribution is 9.10. The summed E-state index contributed by atoms with van der Waals surface area (Å²) >= 11 is 3.17. The van der Waals surface area contributed by atoms with Gasteiger partial charge in [-0.05, 0) is 37.5 Å². The van der Waals surface area contributed by atoms with E-state index in [4.69, 9.17) is 5.26 Å². The van der Waals surface area contributed by atoms with E-state index in [2.05, 4.69) is 26.6 Å². The van der Waals surface area contributed by atoms with Gasteiger partial charge in [0.25, 0.3) is 0 Å². The fourth-order valence-corrected chi connectivity index (χ4v) is 2.36. The molecular formula is C15H15BrF3N3O. The van der Waals surface area contributed by atoms with E-state index in [0.717, 1.165) is 0 Å². The van der Waals surface area contributed by atoms with Gasteiger partial charge in [0.1, 0.15) is 11.6 Å². The summed E-state index contributed by atoms with van der Waals surface area (Å²) in [4.78, 5) is 12.0. The van der Waals surface area contributed by atoms with Crippen molar-refractivity contribution in [2.24, 2.45) is 0 Å². The van der Waals surface area contributed by atoms with Crippen LogP contribution in [0.1, 0.15) is 31.4 Å². The minimum absolute atomic E-state index is 0.0155. The van der Waals surface area contributed by atoms with E-state index < -0.39 is 29.7 Å². The van der Waals surface area contributed by atoms with Gasteiger partial charge in [0.2, 0.25) is 5.91 Å². The number of hydrogen-bond acceptors (Lipinski definition) is 3. The standard InChI is InChI=1S/C15H15BrF3N3O/c1-9(13(23)22-14(8-20)6-7-14)21-12(15(17,18)19)10-2-4-11(16)5-3-10/h2-5,9,12,21H,6-7H2,1H3,(H,22,23)/t9-,12?/m0/s1. The number of carbonyl (C=O) groups excluding carboxylic acids is 1. The van der Waals surface area contributed by atoms with Gasteiger partial charge in [-0.3, -0.25) is 10.1 Å². The second kappa shape index (κ2) is 6.49. The third-order valence-electron chi connectivity index (χ3n) is 3.67. The van der Waals surface area contributed by atoms with Crippen LogP contribution in [0.2, 0.25) is 0 Å². The lowest BCUT2D eigenvalue weighted by Gasteiger charge is -2.26. The number of benzene rings is 1. The highest BCUT2D eigenvalue weighted by Gasteiger charge is 2.46. The number of nitriles is 1. The van der Waals surface area contributed by atoms with Crippen LogP contribution in [0.3, 0.4) is 0 Å². The first-order valence-corrected chi connectivity index (χ1v) is 7.78. The summed E-state index contributed by atoms with van der Waals surface area (Å²) in [7, 11) is 0. The summed E-state index contributed by atoms with van der Waals surface area (Å²) in [5.74, 6) is -0.615. The first kappa shape index (κ1) is 17.8. The maximum absolute atomic E-state index is 13.3. The molecule has 124 valence electrons. The Balaban J connectivity index is 2.10. The number of amides is 1. The predicted molar refractivity (Wildman–Crippen MR) is 81.3 cm³/mol. The molecule has 0 saturated heterocycles. The van der Waals surface area contributed by atoms with Gasteiger partial charge in [-0.25, -0.2) is 0 Å². The van der Waals surface area contributed by atoms with Crippen molar-refractivity contribution >= 4 is 21.8 Å². The van der Waals surface area contributed by atoms with Gasteiger partial charge in [0.15, 0.2) is 0 Å². The van der Waals surface area contributed by atoms with E-state index in [1.165, 1.54) is 31.2 Å². The molecule has 1 saturated carbocycles. The molecule has 1 aromatic rings. The van der Waals surface area contributed by atoms with Gasteiger partial charge >= 0.3 is 6.18 Å². The van der Waals surface area contributed by atoms with Crippen LogP contribution in [0.25, 0.3) is 0 Å². The topological polar surface area (TPSA) is 64.9 Å². The summed E-state index contributed by atoms with van der Waals surface area (Å²) in [5, 5.41) is 13.7. The number of hydrogen-bond donors (Lipinski definition) is 2. The molecule has 4 nitrogen and oxygen atoms in total. The molecule has 0 heterocycles. The van der Waals surface area contributed by atoms with Crippen LogP contribution in [0.5, 0.6) is 0 Å². The highest BCUT2D eigenvalue weighted by atomic mass is 79.9. The third-order valence-corrected chi connectivity index (χ3v) is 4.20. The zero-order valence-corrected chi connectivity index (χ0v) is 13.8. The molecule has 1 amide bonds. The summed E-state index contributed by atoms with van der Waals surface area (Å²) in [5.41, 5.74) is -0.889. The largest absolute Gasteiger partial charge is 0.407 e. The van der Waals surface area contributed by atoms with Gasteiger partial charge in [-0.1, -0.05) is 28.1 Å². The minimum Gasteiger partial charge on any atom is -0.336 e. The van der Waals surface area contributed by atoms with Crippen molar-refractivity contribution in [3.8, 4) is 6.07 Å². The van der Waals surface area contributed by atoms with E-state index in [1.807, 2.05) is 6.07 Å². The molecule has 1 fully saturated rings. The Morgan fingerprint density at radius 1 is 1.35 bits per heavy atom. The van der Waals surface area contributed by atoms with Crippen LogP contribution in [0.15, 0.2) is 28.7 Å². The molecule has 2 atom stereocenters. The Hall–Kier alpha value is -1.59. The Kier molecular flexibility index (Phi) is 5.01. The van der Waals surface area contributed by atoms with Crippen molar-refractivity contribution in [1.29, 1.82) is 5.26 Å². The number of nitrogens with zero attached hydrogens (tertiary/aromatic N) is 1. The lowest BCUT2D eigenvalue weighted by atomic mass is 10.1. The molecule has 2 N–H and O–H groups in total. The highest BCUT2D eigenvalue weighted by Crippen LogP contribution is 2.35. The maximum Gasteiger partial charge on any atom is 0.407 e. The predicted octanol–water partition coefficient (Wildman–Crippen LogP) is 3.20. The van der Waals surface area contributed by atoms with Crippen LogP contribution >= 0.6 is 15.9 Å². The van der Waals surface area contributed by atoms with Gasteiger partial charge in [0, 0.05) is 4.47 Å². The van der Waals surface area contributed by atoms with Crippen molar-refractivity contribution in [2.75, 3.05) is 0 Å². The molecule has 0 aliphatic heterocycles. The molecule has 0 aromatic heterocycles. The Morgan fingerprint density at radius 2 is 1.91 bits per heavy atom. The smallest absolute Gasteiger partial charge is 0.336 e. The molecule has 23 heavy (non-hydrogen) atoms. The third kappa shape index (κ3) is 4.45. The fraction of sp³-hybridized carbons (Fsp3) is 0.467. The van der Waals surface area contributed by atoms with Gasteiger partial charge in [0.05, 0.1) is 12.1 Å². The molecule has 1 aromatic carbocycles.